The molecule has 1 aliphatic heterocycles. The molecule has 2 rings (SSSR count). The van der Waals surface area contributed by atoms with Gasteiger partial charge < -0.3 is 10.3 Å². The van der Waals surface area contributed by atoms with Crippen LogP contribution in [-0.4, -0.2) is 34.1 Å². The minimum Gasteiger partial charge on any atom is -0.337 e. The van der Waals surface area contributed by atoms with Crippen molar-refractivity contribution in [2.75, 3.05) is 19.6 Å². The Bertz CT molecular complexity index is 324. The van der Waals surface area contributed by atoms with Crippen LogP contribution in [0.4, 0.5) is 0 Å². The number of nitrogens with two attached hydrogens (primary N) is 1. The van der Waals surface area contributed by atoms with Gasteiger partial charge in [0.25, 0.3) is 0 Å². The van der Waals surface area contributed by atoms with Gasteiger partial charge in [-0.05, 0) is 38.3 Å². The summed E-state index contributed by atoms with van der Waals surface area (Å²) >= 11 is 0. The average Bonchev–Trinajstić information content (AvgIpc) is 2.66. The van der Waals surface area contributed by atoms with Crippen LogP contribution in [0.25, 0.3) is 0 Å². The minimum atomic E-state index is 0. The summed E-state index contributed by atoms with van der Waals surface area (Å²) in [6.07, 6.45) is 7.66. The van der Waals surface area contributed by atoms with Gasteiger partial charge >= 0.3 is 0 Å². The van der Waals surface area contributed by atoms with Gasteiger partial charge in [-0.25, -0.2) is 4.98 Å². The van der Waals surface area contributed by atoms with Gasteiger partial charge in [0.05, 0.1) is 12.0 Å². The van der Waals surface area contributed by atoms with E-state index in [1.807, 2.05) is 12.5 Å². The lowest BCUT2D eigenvalue weighted by Crippen LogP contribution is -2.36. The van der Waals surface area contributed by atoms with Crippen molar-refractivity contribution in [2.45, 2.75) is 25.8 Å². The van der Waals surface area contributed by atoms with Crippen LogP contribution in [-0.2, 0) is 13.6 Å². The summed E-state index contributed by atoms with van der Waals surface area (Å²) in [5.74, 6) is 0.798. The van der Waals surface area contributed by atoms with Crippen molar-refractivity contribution < 1.29 is 0 Å². The first-order chi connectivity index (χ1) is 7.79. The van der Waals surface area contributed by atoms with E-state index in [-0.39, 0.29) is 12.4 Å². The van der Waals surface area contributed by atoms with Gasteiger partial charge in [-0.1, -0.05) is 0 Å². The van der Waals surface area contributed by atoms with E-state index in [0.29, 0.717) is 0 Å². The maximum atomic E-state index is 5.63. The van der Waals surface area contributed by atoms with Gasteiger partial charge in [0.1, 0.15) is 0 Å². The standard InChI is InChI=1S/C12H22N4.ClH/c1-15-10-14-7-12(15)9-16-6-2-3-11(8-16)4-5-13;/h7,10-11H,2-6,8-9,13H2,1H3;1H. The Kier molecular flexibility index (Phi) is 5.95. The van der Waals surface area contributed by atoms with Crippen molar-refractivity contribution in [3.8, 4) is 0 Å². The Morgan fingerprint density at radius 2 is 2.35 bits per heavy atom. The molecule has 1 aliphatic rings. The Morgan fingerprint density at radius 1 is 1.53 bits per heavy atom. The van der Waals surface area contributed by atoms with Crippen molar-refractivity contribution in [1.82, 2.24) is 14.5 Å². The van der Waals surface area contributed by atoms with Crippen LogP contribution >= 0.6 is 12.4 Å². The third kappa shape index (κ3) is 3.98. The highest BCUT2D eigenvalue weighted by molar-refractivity contribution is 5.85. The molecule has 2 heterocycles. The molecule has 0 aliphatic carbocycles. The third-order valence-corrected chi connectivity index (χ3v) is 3.48. The average molecular weight is 259 g/mol. The van der Waals surface area contributed by atoms with E-state index in [1.54, 1.807) is 0 Å². The minimum absolute atomic E-state index is 0. The number of likely N-dealkylation sites (tertiary alicyclic amines) is 1. The number of nitrogens with zero attached hydrogens (tertiary/aromatic N) is 3. The molecule has 1 saturated heterocycles. The molecule has 1 atom stereocenters. The zero-order valence-corrected chi connectivity index (χ0v) is 11.3. The van der Waals surface area contributed by atoms with E-state index in [2.05, 4.69) is 21.5 Å². The first-order valence-corrected chi connectivity index (χ1v) is 6.17. The second kappa shape index (κ2) is 6.99. The molecule has 0 saturated carbocycles. The number of aryl methyl sites for hydroxylation is 1. The van der Waals surface area contributed by atoms with Crippen molar-refractivity contribution in [1.29, 1.82) is 0 Å². The Balaban J connectivity index is 0.00000144. The van der Waals surface area contributed by atoms with Crippen LogP contribution in [0.15, 0.2) is 12.5 Å². The molecule has 1 fully saturated rings. The fourth-order valence-electron chi connectivity index (χ4n) is 2.53. The lowest BCUT2D eigenvalue weighted by atomic mass is 9.95. The number of hydrogen-bond donors (Lipinski definition) is 1. The van der Waals surface area contributed by atoms with Crippen LogP contribution in [0.1, 0.15) is 25.0 Å². The van der Waals surface area contributed by atoms with Gasteiger partial charge in [-0.15, -0.1) is 12.4 Å². The summed E-state index contributed by atoms with van der Waals surface area (Å²) in [4.78, 5) is 6.69. The highest BCUT2D eigenvalue weighted by Gasteiger charge is 2.19. The molecule has 4 nitrogen and oxygen atoms in total. The number of hydrogen-bond acceptors (Lipinski definition) is 3. The second-order valence-corrected chi connectivity index (χ2v) is 4.82. The van der Waals surface area contributed by atoms with Gasteiger partial charge in [0.15, 0.2) is 0 Å². The predicted molar refractivity (Wildman–Crippen MR) is 72.1 cm³/mol. The summed E-state index contributed by atoms with van der Waals surface area (Å²) in [7, 11) is 2.06. The summed E-state index contributed by atoms with van der Waals surface area (Å²) in [6.45, 7) is 4.26. The Hall–Kier alpha value is -0.580. The predicted octanol–water partition coefficient (Wildman–Crippen LogP) is 1.40. The Morgan fingerprint density at radius 3 is 3.00 bits per heavy atom. The summed E-state index contributed by atoms with van der Waals surface area (Å²) in [5.41, 5.74) is 6.93. The molecule has 0 radical (unpaired) electrons. The van der Waals surface area contributed by atoms with E-state index in [9.17, 15) is 0 Å². The number of rotatable bonds is 4. The molecule has 1 aromatic heterocycles. The first kappa shape index (κ1) is 14.5. The lowest BCUT2D eigenvalue weighted by molar-refractivity contribution is 0.160. The van der Waals surface area contributed by atoms with Crippen LogP contribution in [0.3, 0.4) is 0 Å². The van der Waals surface area contributed by atoms with Crippen LogP contribution in [0.5, 0.6) is 0 Å². The van der Waals surface area contributed by atoms with E-state index in [0.717, 1.165) is 19.0 Å². The van der Waals surface area contributed by atoms with E-state index in [4.69, 9.17) is 5.73 Å². The molecule has 0 bridgehead atoms. The smallest absolute Gasteiger partial charge is 0.0945 e. The first-order valence-electron chi connectivity index (χ1n) is 6.17. The summed E-state index contributed by atoms with van der Waals surface area (Å²) < 4.78 is 2.10. The molecule has 17 heavy (non-hydrogen) atoms. The van der Waals surface area contributed by atoms with E-state index < -0.39 is 0 Å². The van der Waals surface area contributed by atoms with Crippen molar-refractivity contribution in [3.63, 3.8) is 0 Å². The van der Waals surface area contributed by atoms with Crippen LogP contribution in [0, 0.1) is 5.92 Å². The summed E-state index contributed by atoms with van der Waals surface area (Å²) in [5, 5.41) is 0. The maximum Gasteiger partial charge on any atom is 0.0945 e. The fraction of sp³-hybridized carbons (Fsp3) is 0.750. The molecule has 5 heteroatoms. The van der Waals surface area contributed by atoms with Crippen molar-refractivity contribution >= 4 is 12.4 Å². The van der Waals surface area contributed by atoms with Gasteiger partial charge in [-0.3, -0.25) is 4.90 Å². The quantitative estimate of drug-likeness (QED) is 0.888. The molecule has 0 spiro atoms. The number of aromatic nitrogens is 2. The Labute approximate surface area is 110 Å². The van der Waals surface area contributed by atoms with E-state index >= 15 is 0 Å². The number of halogens is 1. The zero-order chi connectivity index (χ0) is 11.4. The van der Waals surface area contributed by atoms with Gasteiger partial charge in [0.2, 0.25) is 0 Å². The number of imidazole rings is 1. The molecule has 98 valence electrons. The fourth-order valence-corrected chi connectivity index (χ4v) is 2.53. The van der Waals surface area contributed by atoms with E-state index in [1.165, 1.54) is 38.0 Å². The molecule has 1 unspecified atom stereocenters. The topological polar surface area (TPSA) is 47.1 Å². The number of piperidine rings is 1. The highest BCUT2D eigenvalue weighted by Crippen LogP contribution is 2.20. The van der Waals surface area contributed by atoms with Crippen molar-refractivity contribution in [2.24, 2.45) is 18.7 Å². The molecule has 2 N–H and O–H groups in total. The van der Waals surface area contributed by atoms with Crippen molar-refractivity contribution in [3.05, 3.63) is 18.2 Å². The molecular weight excluding hydrogens is 236 g/mol. The van der Waals surface area contributed by atoms with Gasteiger partial charge in [-0.2, -0.15) is 0 Å². The zero-order valence-electron chi connectivity index (χ0n) is 10.5. The van der Waals surface area contributed by atoms with Gasteiger partial charge in [0, 0.05) is 26.3 Å². The lowest BCUT2D eigenvalue weighted by Gasteiger charge is -2.32. The third-order valence-electron chi connectivity index (χ3n) is 3.48. The maximum absolute atomic E-state index is 5.63. The SMILES string of the molecule is Cl.Cn1cncc1CN1CCCC(CCN)C1. The molecule has 0 aromatic carbocycles. The normalized spacial score (nSPS) is 21.2. The van der Waals surface area contributed by atoms with Crippen LogP contribution in [0.2, 0.25) is 0 Å². The molecule has 0 amide bonds. The second-order valence-electron chi connectivity index (χ2n) is 4.82. The molecule has 1 aromatic rings. The van der Waals surface area contributed by atoms with Crippen LogP contribution < -0.4 is 5.73 Å². The monoisotopic (exact) mass is 258 g/mol. The largest absolute Gasteiger partial charge is 0.337 e. The molecular formula is C12H23ClN4. The highest BCUT2D eigenvalue weighted by atomic mass is 35.5. The summed E-state index contributed by atoms with van der Waals surface area (Å²) in [6, 6.07) is 0.